The van der Waals surface area contributed by atoms with E-state index in [0.29, 0.717) is 23.5 Å². The number of nitrogens with zero attached hydrogens (tertiary/aromatic N) is 3. The number of nitrogens with one attached hydrogen (secondary N) is 1. The normalized spacial score (nSPS) is 19.2. The van der Waals surface area contributed by atoms with Crippen LogP contribution in [0.25, 0.3) is 10.9 Å². The minimum atomic E-state index is -0.498. The number of H-pyrrole nitrogens is 1. The molecular formula is C21H28N5O2. The summed E-state index contributed by atoms with van der Waals surface area (Å²) in [4.78, 5) is 28.9. The van der Waals surface area contributed by atoms with Gasteiger partial charge in [0.15, 0.2) is 0 Å². The summed E-state index contributed by atoms with van der Waals surface area (Å²) in [6.07, 6.45) is 9.95. The van der Waals surface area contributed by atoms with Gasteiger partial charge in [-0.3, -0.25) is 14.7 Å². The Morgan fingerprint density at radius 3 is 2.61 bits per heavy atom. The average molecular weight is 382 g/mol. The summed E-state index contributed by atoms with van der Waals surface area (Å²) in [6, 6.07) is 4.32. The molecular weight excluding hydrogens is 354 g/mol. The van der Waals surface area contributed by atoms with E-state index in [1.807, 2.05) is 11.0 Å². The van der Waals surface area contributed by atoms with Crippen LogP contribution in [0, 0.1) is 6.42 Å². The lowest BCUT2D eigenvalue weighted by atomic mass is 9.99. The molecule has 0 spiro atoms. The molecule has 2 aliphatic heterocycles. The monoisotopic (exact) mass is 382 g/mol. The molecule has 0 saturated carbocycles. The number of fused-ring (bicyclic) bond motifs is 1. The molecule has 7 nitrogen and oxygen atoms in total. The molecule has 3 heterocycles. The lowest BCUT2D eigenvalue weighted by molar-refractivity contribution is -0.129. The number of amides is 2. The van der Waals surface area contributed by atoms with Gasteiger partial charge in [-0.05, 0) is 62.9 Å². The Kier molecular flexibility index (Phi) is 5.62. The molecule has 0 atom stereocenters. The van der Waals surface area contributed by atoms with E-state index in [9.17, 15) is 9.59 Å². The summed E-state index contributed by atoms with van der Waals surface area (Å²) in [5.74, 6) is -0.424. The Morgan fingerprint density at radius 2 is 1.89 bits per heavy atom. The number of nitrogens with two attached hydrogens (primary N) is 1. The van der Waals surface area contributed by atoms with Crippen LogP contribution < -0.4 is 5.73 Å². The number of piperidine rings is 2. The van der Waals surface area contributed by atoms with Crippen LogP contribution >= 0.6 is 0 Å². The van der Waals surface area contributed by atoms with E-state index < -0.39 is 5.91 Å². The maximum atomic E-state index is 12.6. The number of carbonyl (C=O) groups is 2. The molecule has 0 aliphatic carbocycles. The molecule has 2 aliphatic rings. The van der Waals surface area contributed by atoms with Crippen LogP contribution in [0.5, 0.6) is 0 Å². The van der Waals surface area contributed by atoms with Gasteiger partial charge in [-0.1, -0.05) is 6.42 Å². The fraction of sp³-hybridized carbons (Fsp3) is 0.524. The number of primary amides is 1. The number of carbonyl (C=O) groups excluding carboxylic acids is 2. The van der Waals surface area contributed by atoms with Gasteiger partial charge in [0.05, 0.1) is 23.7 Å². The molecule has 3 N–H and O–H groups in total. The Balaban J connectivity index is 1.32. The smallest absolute Gasteiger partial charge is 0.250 e. The Bertz CT molecular complexity index is 848. The van der Waals surface area contributed by atoms with E-state index in [1.54, 1.807) is 18.7 Å². The van der Waals surface area contributed by atoms with Gasteiger partial charge in [0, 0.05) is 24.5 Å². The summed E-state index contributed by atoms with van der Waals surface area (Å²) in [6.45, 7) is 4.07. The van der Waals surface area contributed by atoms with E-state index in [-0.39, 0.29) is 5.91 Å². The topological polar surface area (TPSA) is 95.3 Å². The minimum Gasteiger partial charge on any atom is -0.366 e. The van der Waals surface area contributed by atoms with Crippen molar-refractivity contribution in [2.75, 3.05) is 26.2 Å². The molecule has 2 aromatic rings. The Morgan fingerprint density at radius 1 is 1.14 bits per heavy atom. The molecule has 149 valence electrons. The van der Waals surface area contributed by atoms with Crippen molar-refractivity contribution in [1.29, 1.82) is 0 Å². The van der Waals surface area contributed by atoms with Crippen LogP contribution in [0.4, 0.5) is 0 Å². The Labute approximate surface area is 165 Å². The first-order chi connectivity index (χ1) is 13.6. The number of hydrogen-bond acceptors (Lipinski definition) is 4. The molecule has 1 radical (unpaired) electrons. The number of rotatable bonds is 5. The predicted octanol–water partition coefficient (Wildman–Crippen LogP) is 1.89. The van der Waals surface area contributed by atoms with Crippen LogP contribution in [0.1, 0.15) is 48.0 Å². The van der Waals surface area contributed by atoms with Crippen molar-refractivity contribution in [2.24, 2.45) is 5.73 Å². The van der Waals surface area contributed by atoms with Crippen molar-refractivity contribution in [3.05, 3.63) is 35.9 Å². The first-order valence-electron chi connectivity index (χ1n) is 10.2. The standard InChI is InChI=1S/C21H28N5O2/c22-21(28)18-13-15(12-16-14-23-24-20(16)18)4-5-19(27)26-10-6-17(7-11-26)25-8-2-1-3-9-25/h5,12-14,17H,1-4,6-11H2,(H2,22,28)(H,23,24). The van der Waals surface area contributed by atoms with Gasteiger partial charge in [0.2, 0.25) is 5.91 Å². The molecule has 4 rings (SSSR count). The third-order valence-electron chi connectivity index (χ3n) is 6.07. The van der Waals surface area contributed by atoms with Crippen LogP contribution in [0.15, 0.2) is 18.3 Å². The summed E-state index contributed by atoms with van der Waals surface area (Å²) in [5, 5.41) is 7.61. The molecule has 1 aromatic carbocycles. The van der Waals surface area contributed by atoms with E-state index in [2.05, 4.69) is 15.1 Å². The van der Waals surface area contributed by atoms with E-state index in [4.69, 9.17) is 5.73 Å². The van der Waals surface area contributed by atoms with Gasteiger partial charge in [0.1, 0.15) is 0 Å². The molecule has 2 saturated heterocycles. The number of likely N-dealkylation sites (tertiary alicyclic amines) is 2. The van der Waals surface area contributed by atoms with Crippen LogP contribution in [-0.4, -0.2) is 64.0 Å². The van der Waals surface area contributed by atoms with Crippen molar-refractivity contribution in [3.63, 3.8) is 0 Å². The van der Waals surface area contributed by atoms with Crippen molar-refractivity contribution in [2.45, 2.75) is 44.6 Å². The van der Waals surface area contributed by atoms with Gasteiger partial charge >= 0.3 is 0 Å². The highest BCUT2D eigenvalue weighted by Gasteiger charge is 2.27. The quantitative estimate of drug-likeness (QED) is 0.825. The maximum absolute atomic E-state index is 12.6. The van der Waals surface area contributed by atoms with E-state index in [1.165, 1.54) is 32.4 Å². The number of benzene rings is 1. The third-order valence-corrected chi connectivity index (χ3v) is 6.07. The summed E-state index contributed by atoms with van der Waals surface area (Å²) in [5.41, 5.74) is 7.42. The summed E-state index contributed by atoms with van der Waals surface area (Å²) < 4.78 is 0. The van der Waals surface area contributed by atoms with Gasteiger partial charge in [-0.15, -0.1) is 0 Å². The average Bonchev–Trinajstić information content (AvgIpc) is 3.20. The molecule has 1 aromatic heterocycles. The van der Waals surface area contributed by atoms with Crippen molar-refractivity contribution < 1.29 is 9.59 Å². The SMILES string of the molecule is NC(=O)c1cc(C[CH]C(=O)N2CCC(N3CCCCC3)CC2)cc2cn[nH]c12. The number of aromatic amines is 1. The van der Waals surface area contributed by atoms with Crippen LogP contribution in [0.2, 0.25) is 0 Å². The van der Waals surface area contributed by atoms with E-state index >= 15 is 0 Å². The van der Waals surface area contributed by atoms with Gasteiger partial charge in [0.25, 0.3) is 5.91 Å². The fourth-order valence-corrected chi connectivity index (χ4v) is 4.50. The highest BCUT2D eigenvalue weighted by molar-refractivity contribution is 6.05. The van der Waals surface area contributed by atoms with Crippen LogP contribution in [0.3, 0.4) is 0 Å². The highest BCUT2D eigenvalue weighted by atomic mass is 16.2. The van der Waals surface area contributed by atoms with Crippen molar-refractivity contribution in [1.82, 2.24) is 20.0 Å². The Hall–Kier alpha value is -2.41. The second-order valence-electron chi connectivity index (χ2n) is 7.90. The highest BCUT2D eigenvalue weighted by Crippen LogP contribution is 2.22. The molecule has 2 amide bonds. The van der Waals surface area contributed by atoms with E-state index in [0.717, 1.165) is 36.9 Å². The zero-order valence-electron chi connectivity index (χ0n) is 16.2. The molecule has 7 heteroatoms. The van der Waals surface area contributed by atoms with Crippen molar-refractivity contribution in [3.8, 4) is 0 Å². The van der Waals surface area contributed by atoms with Crippen LogP contribution in [-0.2, 0) is 11.2 Å². The van der Waals surface area contributed by atoms with Gasteiger partial charge < -0.3 is 15.5 Å². The molecule has 0 unspecified atom stereocenters. The molecule has 0 bridgehead atoms. The van der Waals surface area contributed by atoms with Gasteiger partial charge in [-0.25, -0.2) is 0 Å². The third kappa shape index (κ3) is 4.04. The molecule has 28 heavy (non-hydrogen) atoms. The zero-order valence-corrected chi connectivity index (χ0v) is 16.2. The number of hydrogen-bond donors (Lipinski definition) is 2. The lowest BCUT2D eigenvalue weighted by Gasteiger charge is -2.40. The largest absolute Gasteiger partial charge is 0.366 e. The summed E-state index contributed by atoms with van der Waals surface area (Å²) >= 11 is 0. The van der Waals surface area contributed by atoms with Gasteiger partial charge in [-0.2, -0.15) is 5.10 Å². The zero-order chi connectivity index (χ0) is 19.5. The second-order valence-corrected chi connectivity index (χ2v) is 7.90. The first-order valence-corrected chi connectivity index (χ1v) is 10.2. The second kappa shape index (κ2) is 8.31. The maximum Gasteiger partial charge on any atom is 0.250 e. The molecule has 2 fully saturated rings. The lowest BCUT2D eigenvalue weighted by Crippen LogP contribution is -2.48. The summed E-state index contributed by atoms with van der Waals surface area (Å²) in [7, 11) is 0. The fourth-order valence-electron chi connectivity index (χ4n) is 4.50. The first kappa shape index (κ1) is 18.9. The minimum absolute atomic E-state index is 0.0741. The van der Waals surface area contributed by atoms with Crippen molar-refractivity contribution >= 4 is 22.7 Å². The number of aromatic nitrogens is 2. The predicted molar refractivity (Wildman–Crippen MR) is 108 cm³/mol.